The van der Waals surface area contributed by atoms with E-state index in [4.69, 9.17) is 5.73 Å². The highest BCUT2D eigenvalue weighted by molar-refractivity contribution is 5.76. The second-order valence-corrected chi connectivity index (χ2v) is 5.92. The molecule has 0 aliphatic carbocycles. The van der Waals surface area contributed by atoms with Gasteiger partial charge in [0, 0.05) is 13.0 Å². The van der Waals surface area contributed by atoms with Gasteiger partial charge >= 0.3 is 0 Å². The molecule has 0 aliphatic heterocycles. The van der Waals surface area contributed by atoms with Crippen molar-refractivity contribution in [3.8, 4) is 0 Å². The van der Waals surface area contributed by atoms with Gasteiger partial charge in [-0.25, -0.2) is 0 Å². The lowest BCUT2D eigenvalue weighted by atomic mass is 10.1. The van der Waals surface area contributed by atoms with E-state index in [1.807, 2.05) is 0 Å². The maximum absolute atomic E-state index is 11.5. The monoisotopic (exact) mass is 299 g/mol. The number of carbonyl (C=O) groups excluding carboxylic acids is 1. The third kappa shape index (κ3) is 14.1. The minimum Gasteiger partial charge on any atom is -0.756 e. The van der Waals surface area contributed by atoms with Crippen molar-refractivity contribution in [1.82, 2.24) is 5.06 Å². The zero-order valence-electron chi connectivity index (χ0n) is 13.9. The SMILES string of the molecule is CCCCCCCCCCCCCC(=O)N([O-])CCCN. The fourth-order valence-corrected chi connectivity index (χ4v) is 2.42. The Morgan fingerprint density at radius 1 is 0.857 bits per heavy atom. The third-order valence-corrected chi connectivity index (χ3v) is 3.84. The Morgan fingerprint density at radius 2 is 1.33 bits per heavy atom. The van der Waals surface area contributed by atoms with E-state index in [0.717, 1.165) is 12.8 Å². The van der Waals surface area contributed by atoms with Gasteiger partial charge in [0.15, 0.2) is 0 Å². The predicted molar refractivity (Wildman–Crippen MR) is 89.8 cm³/mol. The summed E-state index contributed by atoms with van der Waals surface area (Å²) in [6.45, 7) is 2.95. The Kier molecular flexibility index (Phi) is 15.3. The van der Waals surface area contributed by atoms with Crippen molar-refractivity contribution in [1.29, 1.82) is 0 Å². The lowest BCUT2D eigenvalue weighted by Gasteiger charge is -2.27. The molecular weight excluding hydrogens is 264 g/mol. The molecule has 0 aromatic rings. The first-order valence-electron chi connectivity index (χ1n) is 8.90. The molecule has 0 bridgehead atoms. The highest BCUT2D eigenvalue weighted by atomic mass is 16.5. The van der Waals surface area contributed by atoms with Crippen molar-refractivity contribution < 1.29 is 4.79 Å². The van der Waals surface area contributed by atoms with Crippen LogP contribution in [0.3, 0.4) is 0 Å². The summed E-state index contributed by atoms with van der Waals surface area (Å²) < 4.78 is 0. The number of unbranched alkanes of at least 4 members (excludes halogenated alkanes) is 10. The number of nitrogens with two attached hydrogens (primary N) is 1. The number of hydrogen-bond acceptors (Lipinski definition) is 3. The third-order valence-electron chi connectivity index (χ3n) is 3.84. The Bertz CT molecular complexity index is 235. The van der Waals surface area contributed by atoms with E-state index in [-0.39, 0.29) is 12.5 Å². The van der Waals surface area contributed by atoms with Gasteiger partial charge in [-0.15, -0.1) is 0 Å². The van der Waals surface area contributed by atoms with Gasteiger partial charge in [0.1, 0.15) is 0 Å². The maximum Gasteiger partial charge on any atom is 0.212 e. The first-order valence-corrected chi connectivity index (χ1v) is 8.90. The molecule has 0 heterocycles. The fourth-order valence-electron chi connectivity index (χ4n) is 2.42. The van der Waals surface area contributed by atoms with E-state index in [2.05, 4.69) is 6.92 Å². The van der Waals surface area contributed by atoms with Crippen molar-refractivity contribution >= 4 is 5.91 Å². The van der Waals surface area contributed by atoms with Gasteiger partial charge in [0.2, 0.25) is 5.91 Å². The first kappa shape index (κ1) is 20.4. The second kappa shape index (κ2) is 15.8. The Hall–Kier alpha value is -0.610. The predicted octanol–water partition coefficient (Wildman–Crippen LogP) is 4.36. The van der Waals surface area contributed by atoms with Gasteiger partial charge in [-0.1, -0.05) is 71.1 Å². The van der Waals surface area contributed by atoms with Crippen molar-refractivity contribution in [2.45, 2.75) is 90.4 Å². The summed E-state index contributed by atoms with van der Waals surface area (Å²) in [5, 5.41) is 11.9. The fraction of sp³-hybridized carbons (Fsp3) is 0.941. The molecule has 0 atom stereocenters. The molecule has 0 unspecified atom stereocenters. The Morgan fingerprint density at radius 3 is 1.81 bits per heavy atom. The summed E-state index contributed by atoms with van der Waals surface area (Å²) in [5.74, 6) is -0.278. The zero-order valence-corrected chi connectivity index (χ0v) is 13.9. The lowest BCUT2D eigenvalue weighted by Crippen LogP contribution is -2.27. The molecule has 0 radical (unpaired) electrons. The van der Waals surface area contributed by atoms with E-state index in [1.165, 1.54) is 57.8 Å². The van der Waals surface area contributed by atoms with Crippen LogP contribution in [0.2, 0.25) is 0 Å². The van der Waals surface area contributed by atoms with Gasteiger partial charge in [-0.3, -0.25) is 4.79 Å². The van der Waals surface area contributed by atoms with Crippen molar-refractivity contribution in [2.75, 3.05) is 13.1 Å². The molecule has 0 spiro atoms. The average molecular weight is 299 g/mol. The van der Waals surface area contributed by atoms with Gasteiger partial charge in [-0.2, -0.15) is 0 Å². The first-order chi connectivity index (χ1) is 10.2. The lowest BCUT2D eigenvalue weighted by molar-refractivity contribution is -0.128. The smallest absolute Gasteiger partial charge is 0.212 e. The van der Waals surface area contributed by atoms with Crippen LogP contribution >= 0.6 is 0 Å². The normalized spacial score (nSPS) is 10.8. The highest BCUT2D eigenvalue weighted by Crippen LogP contribution is 2.12. The van der Waals surface area contributed by atoms with Crippen LogP contribution in [0.25, 0.3) is 0 Å². The number of hydroxylamine groups is 2. The van der Waals surface area contributed by atoms with E-state index in [9.17, 15) is 10.0 Å². The number of hydrogen-bond donors (Lipinski definition) is 1. The number of nitrogens with zero attached hydrogens (tertiary/aromatic N) is 1. The molecular formula is C17H35N2O2-. The molecule has 0 aromatic carbocycles. The van der Waals surface area contributed by atoms with Gasteiger partial charge < -0.3 is 16.0 Å². The summed E-state index contributed by atoms with van der Waals surface area (Å²) in [5.41, 5.74) is 5.31. The van der Waals surface area contributed by atoms with Crippen LogP contribution in [0, 0.1) is 5.21 Å². The van der Waals surface area contributed by atoms with E-state index in [0.29, 0.717) is 24.4 Å². The summed E-state index contributed by atoms with van der Waals surface area (Å²) in [6, 6.07) is 0. The molecule has 4 heteroatoms. The molecule has 0 aromatic heterocycles. The molecule has 1 amide bonds. The maximum atomic E-state index is 11.5. The largest absolute Gasteiger partial charge is 0.756 e. The summed E-state index contributed by atoms with van der Waals surface area (Å²) in [4.78, 5) is 11.5. The van der Waals surface area contributed by atoms with E-state index in [1.54, 1.807) is 0 Å². The van der Waals surface area contributed by atoms with Crippen LogP contribution in [-0.2, 0) is 4.79 Å². The van der Waals surface area contributed by atoms with Gasteiger partial charge in [-0.05, 0) is 19.4 Å². The van der Waals surface area contributed by atoms with Crippen LogP contribution in [-0.4, -0.2) is 24.1 Å². The van der Waals surface area contributed by atoms with E-state index >= 15 is 0 Å². The highest BCUT2D eigenvalue weighted by Gasteiger charge is 2.03. The molecule has 126 valence electrons. The second-order valence-electron chi connectivity index (χ2n) is 5.92. The summed E-state index contributed by atoms with van der Waals surface area (Å²) in [7, 11) is 0. The Balaban J connectivity index is 3.23. The average Bonchev–Trinajstić information content (AvgIpc) is 2.49. The molecule has 2 N–H and O–H groups in total. The summed E-state index contributed by atoms with van der Waals surface area (Å²) in [6.07, 6.45) is 14.8. The van der Waals surface area contributed by atoms with Crippen molar-refractivity contribution in [2.24, 2.45) is 5.73 Å². The molecule has 0 aliphatic rings. The summed E-state index contributed by atoms with van der Waals surface area (Å²) >= 11 is 0. The molecule has 0 fully saturated rings. The zero-order chi connectivity index (χ0) is 15.8. The molecule has 0 rings (SSSR count). The van der Waals surface area contributed by atoms with Crippen LogP contribution in [0.5, 0.6) is 0 Å². The van der Waals surface area contributed by atoms with Crippen molar-refractivity contribution in [3.63, 3.8) is 0 Å². The Labute approximate surface area is 131 Å². The van der Waals surface area contributed by atoms with Crippen molar-refractivity contribution in [3.05, 3.63) is 5.21 Å². The van der Waals surface area contributed by atoms with Crippen LogP contribution in [0.15, 0.2) is 0 Å². The molecule has 21 heavy (non-hydrogen) atoms. The minimum absolute atomic E-state index is 0.243. The standard InChI is InChI=1S/C17H35N2O2/c1-2-3-4-5-6-7-8-9-10-11-12-14-17(20)19(21)16-13-15-18/h2-16,18H2,1H3/q-1. The minimum atomic E-state index is -0.278. The van der Waals surface area contributed by atoms with Gasteiger partial charge in [0.05, 0.1) is 0 Å². The molecule has 0 saturated heterocycles. The number of carbonyl (C=O) groups is 1. The van der Waals surface area contributed by atoms with Crippen LogP contribution in [0.4, 0.5) is 0 Å². The van der Waals surface area contributed by atoms with Crippen LogP contribution in [0.1, 0.15) is 90.4 Å². The number of amides is 1. The molecule has 0 saturated carbocycles. The van der Waals surface area contributed by atoms with Gasteiger partial charge in [0.25, 0.3) is 0 Å². The van der Waals surface area contributed by atoms with E-state index < -0.39 is 0 Å². The quantitative estimate of drug-likeness (QED) is 0.361. The number of rotatable bonds is 15. The van der Waals surface area contributed by atoms with Crippen LogP contribution < -0.4 is 5.73 Å². The molecule has 4 nitrogen and oxygen atoms in total. The topological polar surface area (TPSA) is 69.4 Å².